The molecule has 0 N–H and O–H groups in total. The SMILES string of the molecule is FC(F)(F)c1ccc(/C=C/c2nc3cc(Br)cnc3o2)cc1. The fourth-order valence-electron chi connectivity index (χ4n) is 1.84. The minimum absolute atomic E-state index is 0.334. The minimum Gasteiger partial charge on any atom is -0.418 e. The lowest BCUT2D eigenvalue weighted by atomic mass is 10.1. The fraction of sp³-hybridized carbons (Fsp3) is 0.0667. The van der Waals surface area contributed by atoms with Crippen molar-refractivity contribution in [1.29, 1.82) is 0 Å². The Morgan fingerprint density at radius 2 is 1.82 bits per heavy atom. The molecule has 0 fully saturated rings. The highest BCUT2D eigenvalue weighted by Crippen LogP contribution is 2.29. The van der Waals surface area contributed by atoms with Crippen LogP contribution in [-0.4, -0.2) is 9.97 Å². The molecule has 0 aliphatic rings. The van der Waals surface area contributed by atoms with Crippen molar-refractivity contribution in [1.82, 2.24) is 9.97 Å². The van der Waals surface area contributed by atoms with Gasteiger partial charge in [-0.05, 0) is 45.8 Å². The first-order valence-corrected chi connectivity index (χ1v) is 6.98. The Labute approximate surface area is 131 Å². The lowest BCUT2D eigenvalue weighted by Crippen LogP contribution is -2.03. The summed E-state index contributed by atoms with van der Waals surface area (Å²) < 4.78 is 43.6. The fourth-order valence-corrected chi connectivity index (χ4v) is 2.16. The number of alkyl halides is 3. The minimum atomic E-state index is -4.33. The van der Waals surface area contributed by atoms with E-state index in [-0.39, 0.29) is 0 Å². The first-order chi connectivity index (χ1) is 10.4. The summed E-state index contributed by atoms with van der Waals surface area (Å²) in [4.78, 5) is 8.28. The van der Waals surface area contributed by atoms with Crippen LogP contribution in [0, 0.1) is 0 Å². The molecule has 0 amide bonds. The van der Waals surface area contributed by atoms with Crippen LogP contribution in [0.15, 0.2) is 45.4 Å². The maximum absolute atomic E-state index is 12.5. The molecule has 0 saturated heterocycles. The highest BCUT2D eigenvalue weighted by atomic mass is 79.9. The molecule has 0 radical (unpaired) electrons. The summed E-state index contributed by atoms with van der Waals surface area (Å²) in [6.45, 7) is 0. The number of rotatable bonds is 2. The number of pyridine rings is 1. The van der Waals surface area contributed by atoms with Crippen LogP contribution in [0.2, 0.25) is 0 Å². The number of oxazole rings is 1. The van der Waals surface area contributed by atoms with Gasteiger partial charge in [0.25, 0.3) is 0 Å². The van der Waals surface area contributed by atoms with Crippen LogP contribution < -0.4 is 0 Å². The van der Waals surface area contributed by atoms with Crippen LogP contribution in [0.25, 0.3) is 23.4 Å². The summed E-state index contributed by atoms with van der Waals surface area (Å²) in [5.41, 5.74) is 0.932. The van der Waals surface area contributed by atoms with Gasteiger partial charge in [0.1, 0.15) is 5.52 Å². The van der Waals surface area contributed by atoms with Gasteiger partial charge >= 0.3 is 6.18 Å². The third kappa shape index (κ3) is 3.19. The number of halogens is 4. The second-order valence-electron chi connectivity index (χ2n) is 4.48. The van der Waals surface area contributed by atoms with Crippen LogP contribution >= 0.6 is 15.9 Å². The standard InChI is InChI=1S/C15H8BrF3N2O/c16-11-7-12-14(20-8-11)22-13(21-12)6-3-9-1-4-10(5-2-9)15(17,18)19/h1-8H/b6-3+. The van der Waals surface area contributed by atoms with Gasteiger partial charge < -0.3 is 4.42 Å². The maximum Gasteiger partial charge on any atom is 0.416 e. The van der Waals surface area contributed by atoms with E-state index in [1.165, 1.54) is 12.1 Å². The van der Waals surface area contributed by atoms with E-state index in [1.807, 2.05) is 0 Å². The lowest BCUT2D eigenvalue weighted by Gasteiger charge is -2.05. The number of benzene rings is 1. The molecular weight excluding hydrogens is 361 g/mol. The van der Waals surface area contributed by atoms with Crippen molar-refractivity contribution in [2.75, 3.05) is 0 Å². The lowest BCUT2D eigenvalue weighted by molar-refractivity contribution is -0.137. The van der Waals surface area contributed by atoms with Crippen molar-refractivity contribution in [2.24, 2.45) is 0 Å². The first kappa shape index (κ1) is 14.8. The molecule has 2 aromatic heterocycles. The van der Waals surface area contributed by atoms with E-state index >= 15 is 0 Å². The molecule has 112 valence electrons. The smallest absolute Gasteiger partial charge is 0.416 e. The van der Waals surface area contributed by atoms with Crippen molar-refractivity contribution >= 4 is 39.3 Å². The third-order valence-corrected chi connectivity index (χ3v) is 3.32. The molecule has 0 spiro atoms. The summed E-state index contributed by atoms with van der Waals surface area (Å²) >= 11 is 3.29. The van der Waals surface area contributed by atoms with Crippen LogP contribution in [0.1, 0.15) is 17.0 Å². The molecular formula is C15H8BrF3N2O. The van der Waals surface area contributed by atoms with Crippen LogP contribution in [0.5, 0.6) is 0 Å². The summed E-state index contributed by atoms with van der Waals surface area (Å²) in [5, 5.41) is 0. The normalized spacial score (nSPS) is 12.4. The van der Waals surface area contributed by atoms with Gasteiger partial charge in [-0.1, -0.05) is 12.1 Å². The number of nitrogens with zero attached hydrogens (tertiary/aromatic N) is 2. The van der Waals surface area contributed by atoms with E-state index in [2.05, 4.69) is 25.9 Å². The summed E-state index contributed by atoms with van der Waals surface area (Å²) in [6, 6.07) is 6.60. The average Bonchev–Trinajstić information content (AvgIpc) is 2.86. The molecule has 0 atom stereocenters. The van der Waals surface area contributed by atoms with Gasteiger partial charge in [-0.3, -0.25) is 0 Å². The highest BCUT2D eigenvalue weighted by molar-refractivity contribution is 9.10. The van der Waals surface area contributed by atoms with Crippen molar-refractivity contribution in [3.63, 3.8) is 0 Å². The highest BCUT2D eigenvalue weighted by Gasteiger charge is 2.29. The second-order valence-corrected chi connectivity index (χ2v) is 5.40. The van der Waals surface area contributed by atoms with E-state index in [1.54, 1.807) is 24.4 Å². The van der Waals surface area contributed by atoms with Crippen molar-refractivity contribution < 1.29 is 17.6 Å². The van der Waals surface area contributed by atoms with Gasteiger partial charge in [0.15, 0.2) is 0 Å². The second kappa shape index (κ2) is 5.57. The monoisotopic (exact) mass is 368 g/mol. The van der Waals surface area contributed by atoms with Gasteiger partial charge in [0, 0.05) is 16.7 Å². The molecule has 7 heteroatoms. The molecule has 22 heavy (non-hydrogen) atoms. The third-order valence-electron chi connectivity index (χ3n) is 2.89. The van der Waals surface area contributed by atoms with E-state index in [4.69, 9.17) is 4.42 Å². The predicted molar refractivity (Wildman–Crippen MR) is 79.9 cm³/mol. The van der Waals surface area contributed by atoms with Crippen molar-refractivity contribution in [2.45, 2.75) is 6.18 Å². The zero-order chi connectivity index (χ0) is 15.7. The first-order valence-electron chi connectivity index (χ1n) is 6.19. The Balaban J connectivity index is 1.83. The van der Waals surface area contributed by atoms with E-state index in [9.17, 15) is 13.2 Å². The number of aromatic nitrogens is 2. The van der Waals surface area contributed by atoms with Crippen molar-refractivity contribution in [3.8, 4) is 0 Å². The van der Waals surface area contributed by atoms with Crippen LogP contribution in [0.3, 0.4) is 0 Å². The maximum atomic E-state index is 12.5. The van der Waals surface area contributed by atoms with Gasteiger partial charge in [-0.15, -0.1) is 0 Å². The zero-order valence-electron chi connectivity index (χ0n) is 10.9. The molecule has 3 rings (SSSR count). The van der Waals surface area contributed by atoms with Gasteiger partial charge in [0.2, 0.25) is 11.6 Å². The van der Waals surface area contributed by atoms with E-state index < -0.39 is 11.7 Å². The quantitative estimate of drug-likeness (QED) is 0.625. The Hall–Kier alpha value is -2.15. The number of hydrogen-bond acceptors (Lipinski definition) is 3. The Kier molecular flexibility index (Phi) is 3.74. The molecule has 2 heterocycles. The van der Waals surface area contributed by atoms with Crippen LogP contribution in [0.4, 0.5) is 13.2 Å². The van der Waals surface area contributed by atoms with Gasteiger partial charge in [0.05, 0.1) is 5.56 Å². The number of hydrogen-bond donors (Lipinski definition) is 0. The molecule has 3 aromatic rings. The van der Waals surface area contributed by atoms with Gasteiger partial charge in [-0.25, -0.2) is 9.97 Å². The average molecular weight is 369 g/mol. The van der Waals surface area contributed by atoms with Gasteiger partial charge in [-0.2, -0.15) is 13.2 Å². The van der Waals surface area contributed by atoms with Crippen molar-refractivity contribution in [3.05, 3.63) is 58.0 Å². The number of fused-ring (bicyclic) bond motifs is 1. The summed E-state index contributed by atoms with van der Waals surface area (Å²) in [7, 11) is 0. The molecule has 0 saturated carbocycles. The summed E-state index contributed by atoms with van der Waals surface area (Å²) in [6.07, 6.45) is 0.469. The Morgan fingerprint density at radius 1 is 1.09 bits per heavy atom. The molecule has 0 aliphatic heterocycles. The largest absolute Gasteiger partial charge is 0.418 e. The molecule has 1 aromatic carbocycles. The predicted octanol–water partition coefficient (Wildman–Crippen LogP) is 5.17. The topological polar surface area (TPSA) is 38.9 Å². The zero-order valence-corrected chi connectivity index (χ0v) is 12.5. The Morgan fingerprint density at radius 3 is 2.50 bits per heavy atom. The molecule has 0 aliphatic carbocycles. The van der Waals surface area contributed by atoms with Crippen LogP contribution in [-0.2, 0) is 6.18 Å². The van der Waals surface area contributed by atoms with E-state index in [0.717, 1.165) is 16.6 Å². The molecule has 0 unspecified atom stereocenters. The Bertz CT molecular complexity index is 838. The molecule has 0 bridgehead atoms. The van der Waals surface area contributed by atoms with E-state index in [0.29, 0.717) is 22.7 Å². The molecule has 3 nitrogen and oxygen atoms in total. The summed E-state index contributed by atoms with van der Waals surface area (Å²) in [5.74, 6) is 0.334.